The van der Waals surface area contributed by atoms with Crippen LogP contribution in [-0.4, -0.2) is 49.6 Å². The largest absolute Gasteiger partial charge is 0.337 e. The minimum atomic E-state index is -0.258. The number of piperidine rings is 1. The van der Waals surface area contributed by atoms with E-state index < -0.39 is 0 Å². The molecule has 0 saturated carbocycles. The summed E-state index contributed by atoms with van der Waals surface area (Å²) in [4.78, 5) is 36.1. The Labute approximate surface area is 159 Å². The fourth-order valence-corrected chi connectivity index (χ4v) is 3.85. The van der Waals surface area contributed by atoms with Gasteiger partial charge in [-0.15, -0.1) is 11.3 Å². The van der Waals surface area contributed by atoms with E-state index in [4.69, 9.17) is 0 Å². The van der Waals surface area contributed by atoms with Crippen LogP contribution in [0, 0.1) is 5.92 Å². The summed E-state index contributed by atoms with van der Waals surface area (Å²) >= 11 is 1.42. The predicted octanol–water partition coefficient (Wildman–Crippen LogP) is 2.21. The summed E-state index contributed by atoms with van der Waals surface area (Å²) in [5.41, 5.74) is 0.565. The summed E-state index contributed by atoms with van der Waals surface area (Å²) in [7, 11) is 0. The lowest BCUT2D eigenvalue weighted by Crippen LogP contribution is -2.43. The molecule has 1 N–H and O–H groups in total. The van der Waals surface area contributed by atoms with Crippen molar-refractivity contribution in [2.45, 2.75) is 12.8 Å². The Morgan fingerprint density at radius 2 is 2.19 bits per heavy atom. The lowest BCUT2D eigenvalue weighted by Gasteiger charge is -2.31. The van der Waals surface area contributed by atoms with Crippen molar-refractivity contribution >= 4 is 28.8 Å². The lowest BCUT2D eigenvalue weighted by atomic mass is 9.97. The van der Waals surface area contributed by atoms with E-state index in [9.17, 15) is 9.59 Å². The van der Waals surface area contributed by atoms with Crippen LogP contribution in [-0.2, 0) is 4.79 Å². The van der Waals surface area contributed by atoms with E-state index in [2.05, 4.69) is 20.4 Å². The van der Waals surface area contributed by atoms with Crippen molar-refractivity contribution < 1.29 is 9.59 Å². The maximum Gasteiger partial charge on any atom is 0.263 e. The predicted molar refractivity (Wildman–Crippen MR) is 101 cm³/mol. The van der Waals surface area contributed by atoms with Crippen molar-refractivity contribution in [2.75, 3.05) is 18.4 Å². The van der Waals surface area contributed by atoms with Gasteiger partial charge in [-0.05, 0) is 36.4 Å². The van der Waals surface area contributed by atoms with Gasteiger partial charge >= 0.3 is 0 Å². The molecule has 3 aromatic rings. The molecule has 1 fully saturated rings. The van der Waals surface area contributed by atoms with Gasteiger partial charge in [0.25, 0.3) is 5.91 Å². The quantitative estimate of drug-likeness (QED) is 0.747. The highest BCUT2D eigenvalue weighted by molar-refractivity contribution is 7.12. The van der Waals surface area contributed by atoms with Crippen molar-refractivity contribution in [3.63, 3.8) is 0 Å². The number of aromatic nitrogens is 4. The number of carbonyl (C=O) groups excluding carboxylic acids is 2. The standard InChI is InChI=1S/C18H18N6O2S/c25-17(22-14-5-1-7-20-16(14)24-12-19-11-21-24)13-4-2-8-23(10-13)18(26)15-6-3-9-27-15/h1,3,5-7,9,11-13H,2,4,8,10H2,(H,22,25). The maximum atomic E-state index is 12.8. The molecule has 2 amide bonds. The third-order valence-electron chi connectivity index (χ3n) is 4.49. The van der Waals surface area contributed by atoms with E-state index >= 15 is 0 Å². The molecule has 1 unspecified atom stereocenters. The van der Waals surface area contributed by atoms with Crippen LogP contribution in [0.15, 0.2) is 48.5 Å². The highest BCUT2D eigenvalue weighted by atomic mass is 32.1. The molecule has 4 rings (SSSR count). The highest BCUT2D eigenvalue weighted by Crippen LogP contribution is 2.23. The maximum absolute atomic E-state index is 12.8. The normalized spacial score (nSPS) is 16.9. The van der Waals surface area contributed by atoms with Crippen LogP contribution >= 0.6 is 11.3 Å². The zero-order valence-corrected chi connectivity index (χ0v) is 15.3. The van der Waals surface area contributed by atoms with Crippen LogP contribution in [0.2, 0.25) is 0 Å². The zero-order valence-electron chi connectivity index (χ0n) is 14.5. The Balaban J connectivity index is 1.47. The van der Waals surface area contributed by atoms with Crippen LogP contribution in [0.1, 0.15) is 22.5 Å². The van der Waals surface area contributed by atoms with Gasteiger partial charge in [0.1, 0.15) is 12.7 Å². The summed E-state index contributed by atoms with van der Waals surface area (Å²) in [6, 6.07) is 7.21. The number of rotatable bonds is 4. The molecular weight excluding hydrogens is 364 g/mol. The number of hydrogen-bond acceptors (Lipinski definition) is 6. The van der Waals surface area contributed by atoms with E-state index in [0.29, 0.717) is 29.5 Å². The number of anilines is 1. The lowest BCUT2D eigenvalue weighted by molar-refractivity contribution is -0.121. The molecule has 1 aliphatic rings. The first-order valence-corrected chi connectivity index (χ1v) is 9.54. The zero-order chi connectivity index (χ0) is 18.6. The second-order valence-electron chi connectivity index (χ2n) is 6.27. The first-order valence-electron chi connectivity index (χ1n) is 8.66. The molecule has 9 heteroatoms. The first kappa shape index (κ1) is 17.3. The first-order chi connectivity index (χ1) is 13.2. The van der Waals surface area contributed by atoms with E-state index in [0.717, 1.165) is 12.8 Å². The van der Waals surface area contributed by atoms with Crippen LogP contribution in [0.5, 0.6) is 0 Å². The van der Waals surface area contributed by atoms with Crippen LogP contribution < -0.4 is 5.32 Å². The second-order valence-corrected chi connectivity index (χ2v) is 7.22. The molecular formula is C18H18N6O2S. The Morgan fingerprint density at radius 1 is 1.26 bits per heavy atom. The van der Waals surface area contributed by atoms with Gasteiger partial charge in [0.2, 0.25) is 5.91 Å². The Kier molecular flexibility index (Phi) is 4.93. The highest BCUT2D eigenvalue weighted by Gasteiger charge is 2.29. The topological polar surface area (TPSA) is 93.0 Å². The molecule has 1 atom stereocenters. The molecule has 138 valence electrons. The average molecular weight is 382 g/mol. The molecule has 3 aromatic heterocycles. The summed E-state index contributed by atoms with van der Waals surface area (Å²) in [5, 5.41) is 8.89. The molecule has 0 aliphatic carbocycles. The van der Waals surface area contributed by atoms with Crippen LogP contribution in [0.4, 0.5) is 5.69 Å². The van der Waals surface area contributed by atoms with Gasteiger partial charge in [-0.2, -0.15) is 5.10 Å². The number of pyridine rings is 1. The molecule has 0 radical (unpaired) electrons. The van der Waals surface area contributed by atoms with Crippen molar-refractivity contribution in [1.29, 1.82) is 0 Å². The van der Waals surface area contributed by atoms with Gasteiger partial charge in [0.15, 0.2) is 5.82 Å². The molecule has 1 aliphatic heterocycles. The molecule has 0 aromatic carbocycles. The Hall–Kier alpha value is -3.07. The summed E-state index contributed by atoms with van der Waals surface area (Å²) in [6.07, 6.45) is 6.13. The van der Waals surface area contributed by atoms with E-state index in [1.807, 2.05) is 17.5 Å². The molecule has 8 nitrogen and oxygen atoms in total. The molecule has 0 bridgehead atoms. The van der Waals surface area contributed by atoms with E-state index in [1.165, 1.54) is 28.7 Å². The number of thiophene rings is 1. The number of likely N-dealkylation sites (tertiary alicyclic amines) is 1. The fraction of sp³-hybridized carbons (Fsp3) is 0.278. The van der Waals surface area contributed by atoms with Crippen LogP contribution in [0.25, 0.3) is 5.82 Å². The minimum absolute atomic E-state index is 0.00724. The van der Waals surface area contributed by atoms with Crippen molar-refractivity contribution in [1.82, 2.24) is 24.6 Å². The number of nitrogens with zero attached hydrogens (tertiary/aromatic N) is 5. The summed E-state index contributed by atoms with van der Waals surface area (Å²) in [5.74, 6) is 0.123. The molecule has 27 heavy (non-hydrogen) atoms. The minimum Gasteiger partial charge on any atom is -0.337 e. The van der Waals surface area contributed by atoms with Gasteiger partial charge in [0.05, 0.1) is 16.5 Å². The monoisotopic (exact) mass is 382 g/mol. The number of carbonyl (C=O) groups is 2. The number of nitrogens with one attached hydrogen (secondary N) is 1. The second kappa shape index (κ2) is 7.67. The van der Waals surface area contributed by atoms with E-state index in [1.54, 1.807) is 23.2 Å². The van der Waals surface area contributed by atoms with Gasteiger partial charge in [0, 0.05) is 19.3 Å². The SMILES string of the molecule is O=C(Nc1cccnc1-n1cncn1)C1CCCN(C(=O)c2cccs2)C1. The summed E-state index contributed by atoms with van der Waals surface area (Å²) < 4.78 is 1.50. The molecule has 4 heterocycles. The third kappa shape index (κ3) is 3.72. The average Bonchev–Trinajstić information content (AvgIpc) is 3.42. The number of hydrogen-bond donors (Lipinski definition) is 1. The fourth-order valence-electron chi connectivity index (χ4n) is 3.16. The van der Waals surface area contributed by atoms with Gasteiger partial charge < -0.3 is 10.2 Å². The Bertz CT molecular complexity index is 925. The Morgan fingerprint density at radius 3 is 2.96 bits per heavy atom. The van der Waals surface area contributed by atoms with Gasteiger partial charge in [-0.3, -0.25) is 9.59 Å². The smallest absolute Gasteiger partial charge is 0.263 e. The van der Waals surface area contributed by atoms with Crippen molar-refractivity contribution in [3.8, 4) is 5.82 Å². The molecule has 1 saturated heterocycles. The molecule has 0 spiro atoms. The number of amides is 2. The van der Waals surface area contributed by atoms with Gasteiger partial charge in [-0.25, -0.2) is 14.6 Å². The van der Waals surface area contributed by atoms with E-state index in [-0.39, 0.29) is 17.7 Å². The van der Waals surface area contributed by atoms with Gasteiger partial charge in [-0.1, -0.05) is 6.07 Å². The van der Waals surface area contributed by atoms with Crippen LogP contribution in [0.3, 0.4) is 0 Å². The van der Waals surface area contributed by atoms with Crippen molar-refractivity contribution in [3.05, 3.63) is 53.4 Å². The summed E-state index contributed by atoms with van der Waals surface area (Å²) in [6.45, 7) is 1.10. The van der Waals surface area contributed by atoms with Crippen molar-refractivity contribution in [2.24, 2.45) is 5.92 Å². The third-order valence-corrected chi connectivity index (χ3v) is 5.35.